The molecule has 0 unspecified atom stereocenters. The summed E-state index contributed by atoms with van der Waals surface area (Å²) in [5.41, 5.74) is -0.972. The van der Waals surface area contributed by atoms with E-state index in [-0.39, 0.29) is 43.4 Å². The molecule has 0 aliphatic heterocycles. The monoisotopic (exact) mass is 542 g/mol. The summed E-state index contributed by atoms with van der Waals surface area (Å²) in [4.78, 5) is 32.1. The SMILES string of the molecule is N#[N+]c1ccc(S(=O)(=O)c2cccc3c2C(=O)c2cccc(S(=O)(=O)c4ccc([N+]#N)cc4)c2C3=O)cc1. The van der Waals surface area contributed by atoms with Gasteiger partial charge in [0, 0.05) is 35.4 Å². The minimum absolute atomic E-state index is 0.119. The van der Waals surface area contributed by atoms with Crippen molar-refractivity contribution in [1.29, 1.82) is 10.8 Å². The molecule has 4 aromatic rings. The van der Waals surface area contributed by atoms with E-state index in [0.717, 1.165) is 0 Å². The molecule has 4 aromatic carbocycles. The van der Waals surface area contributed by atoms with Gasteiger partial charge < -0.3 is 0 Å². The fourth-order valence-corrected chi connectivity index (χ4v) is 7.22. The lowest BCUT2D eigenvalue weighted by Gasteiger charge is -2.22. The minimum atomic E-state index is -4.30. The number of hydrogen-bond donors (Lipinski definition) is 0. The molecule has 0 amide bonds. The maximum absolute atomic E-state index is 13.7. The van der Waals surface area contributed by atoms with E-state index in [2.05, 4.69) is 9.95 Å². The van der Waals surface area contributed by atoms with Crippen LogP contribution >= 0.6 is 0 Å². The van der Waals surface area contributed by atoms with E-state index in [4.69, 9.17) is 10.8 Å². The summed E-state index contributed by atoms with van der Waals surface area (Å²) in [5, 5.41) is 17.8. The van der Waals surface area contributed by atoms with Crippen LogP contribution in [0.5, 0.6) is 0 Å². The Kier molecular flexibility index (Phi) is 5.72. The quantitative estimate of drug-likeness (QED) is 0.284. The second-order valence-electron chi connectivity index (χ2n) is 8.21. The Hall–Kier alpha value is -5.04. The molecule has 1 aliphatic rings. The zero-order valence-electron chi connectivity index (χ0n) is 19.1. The van der Waals surface area contributed by atoms with Crippen molar-refractivity contribution in [3.8, 4) is 0 Å². The first kappa shape index (κ1) is 24.6. The Morgan fingerprint density at radius 3 is 1.16 bits per heavy atom. The second kappa shape index (κ2) is 8.81. The van der Waals surface area contributed by atoms with E-state index in [9.17, 15) is 26.4 Å². The van der Waals surface area contributed by atoms with Crippen molar-refractivity contribution < 1.29 is 26.4 Å². The number of benzene rings is 4. The van der Waals surface area contributed by atoms with E-state index < -0.39 is 41.0 Å². The molecule has 0 spiro atoms. The van der Waals surface area contributed by atoms with Crippen molar-refractivity contribution >= 4 is 42.6 Å². The van der Waals surface area contributed by atoms with Gasteiger partial charge in [0.05, 0.1) is 30.7 Å². The van der Waals surface area contributed by atoms with E-state index in [1.807, 2.05) is 0 Å². The third kappa shape index (κ3) is 3.67. The van der Waals surface area contributed by atoms with Gasteiger partial charge in [-0.3, -0.25) is 9.59 Å². The van der Waals surface area contributed by atoms with Crippen molar-refractivity contribution in [2.75, 3.05) is 0 Å². The maximum Gasteiger partial charge on any atom is 0.385 e. The van der Waals surface area contributed by atoms with Crippen LogP contribution in [0.1, 0.15) is 31.8 Å². The predicted molar refractivity (Wildman–Crippen MR) is 133 cm³/mol. The molecule has 10 nitrogen and oxygen atoms in total. The normalized spacial score (nSPS) is 12.7. The average molecular weight is 543 g/mol. The summed E-state index contributed by atoms with van der Waals surface area (Å²) in [7, 11) is -8.59. The molecule has 0 saturated carbocycles. The fourth-order valence-electron chi connectivity index (χ4n) is 4.26. The van der Waals surface area contributed by atoms with E-state index in [1.54, 1.807) is 0 Å². The Morgan fingerprint density at radius 1 is 0.500 bits per heavy atom. The third-order valence-electron chi connectivity index (χ3n) is 6.10. The highest BCUT2D eigenvalue weighted by molar-refractivity contribution is 7.92. The molecule has 5 rings (SSSR count). The van der Waals surface area contributed by atoms with Crippen molar-refractivity contribution in [3.63, 3.8) is 0 Å². The van der Waals surface area contributed by atoms with Crippen molar-refractivity contribution in [1.82, 2.24) is 0 Å². The molecule has 0 fully saturated rings. The lowest BCUT2D eigenvalue weighted by molar-refractivity contribution is 0.0974. The predicted octanol–water partition coefficient (Wildman–Crippen LogP) is 5.10. The van der Waals surface area contributed by atoms with Gasteiger partial charge in [-0.1, -0.05) is 24.3 Å². The van der Waals surface area contributed by atoms with Gasteiger partial charge in [-0.2, -0.15) is 0 Å². The number of nitrogens with zero attached hydrogens (tertiary/aromatic N) is 4. The zero-order valence-corrected chi connectivity index (χ0v) is 20.8. The van der Waals surface area contributed by atoms with Crippen LogP contribution in [0, 0.1) is 10.8 Å². The number of carbonyl (C=O) groups is 2. The first-order valence-corrected chi connectivity index (χ1v) is 13.8. The zero-order chi connectivity index (χ0) is 27.2. The summed E-state index contributed by atoms with van der Waals surface area (Å²) < 4.78 is 53.8. The van der Waals surface area contributed by atoms with Crippen LogP contribution in [-0.2, 0) is 19.7 Å². The number of hydrogen-bond acceptors (Lipinski definition) is 8. The van der Waals surface area contributed by atoms with Crippen molar-refractivity contribution in [2.24, 2.45) is 0 Å². The standard InChI is InChI=1S/C26H14N4O6S2/c27-29-15-7-11-17(12-8-15)37(33,34)21-5-1-3-19-23(21)26(32)20-4-2-6-22(24(20)25(19)31)38(35,36)18-13-9-16(30-28)10-14-18/h1-14H/q+2. The molecule has 0 heterocycles. The molecule has 184 valence electrons. The van der Waals surface area contributed by atoms with Gasteiger partial charge in [-0.05, 0) is 36.4 Å². The molecule has 0 saturated heterocycles. The number of diazo groups is 2. The highest BCUT2D eigenvalue weighted by Crippen LogP contribution is 2.38. The van der Waals surface area contributed by atoms with Gasteiger partial charge in [0.25, 0.3) is 0 Å². The lowest BCUT2D eigenvalue weighted by Crippen LogP contribution is -2.26. The number of carbonyl (C=O) groups excluding carboxylic acids is 2. The molecule has 0 radical (unpaired) electrons. The van der Waals surface area contributed by atoms with Crippen molar-refractivity contribution in [3.05, 3.63) is 117 Å². The maximum atomic E-state index is 13.7. The molecule has 38 heavy (non-hydrogen) atoms. The number of rotatable bonds is 4. The first-order valence-electron chi connectivity index (χ1n) is 10.9. The smallest absolute Gasteiger partial charge is 0.289 e. The molecule has 12 heteroatoms. The average Bonchev–Trinajstić information content (AvgIpc) is 2.95. The largest absolute Gasteiger partial charge is 0.385 e. The Bertz CT molecular complexity index is 1840. The summed E-state index contributed by atoms with van der Waals surface area (Å²) in [6.07, 6.45) is 0. The van der Waals surface area contributed by atoms with Crippen molar-refractivity contribution in [2.45, 2.75) is 19.6 Å². The van der Waals surface area contributed by atoms with Gasteiger partial charge in [-0.25, -0.2) is 16.8 Å². The van der Waals surface area contributed by atoms with Crippen LogP contribution in [0.4, 0.5) is 11.4 Å². The van der Waals surface area contributed by atoms with Crippen LogP contribution in [0.3, 0.4) is 0 Å². The van der Waals surface area contributed by atoms with Gasteiger partial charge in [0.2, 0.25) is 30.5 Å². The van der Waals surface area contributed by atoms with Gasteiger partial charge in [0.15, 0.2) is 21.5 Å². The molecular weight excluding hydrogens is 528 g/mol. The molecular formula is C26H14N4O6S2+2. The summed E-state index contributed by atoms with van der Waals surface area (Å²) in [6.45, 7) is 0. The van der Waals surface area contributed by atoms with Crippen LogP contribution in [0.15, 0.2) is 105 Å². The van der Waals surface area contributed by atoms with E-state index in [1.165, 1.54) is 84.9 Å². The minimum Gasteiger partial charge on any atom is -0.289 e. The Morgan fingerprint density at radius 2 is 0.842 bits per heavy atom. The fraction of sp³-hybridized carbons (Fsp3) is 0. The number of fused-ring (bicyclic) bond motifs is 2. The topological polar surface area (TPSA) is 159 Å². The van der Waals surface area contributed by atoms with Crippen LogP contribution in [-0.4, -0.2) is 28.4 Å². The molecule has 0 N–H and O–H groups in total. The highest BCUT2D eigenvalue weighted by Gasteiger charge is 2.39. The molecule has 1 aliphatic carbocycles. The molecule has 0 atom stereocenters. The Balaban J connectivity index is 1.69. The summed E-state index contributed by atoms with van der Waals surface area (Å²) >= 11 is 0. The van der Waals surface area contributed by atoms with Gasteiger partial charge in [0.1, 0.15) is 0 Å². The lowest BCUT2D eigenvalue weighted by atomic mass is 9.84. The number of sulfone groups is 2. The van der Waals surface area contributed by atoms with Gasteiger partial charge in [-0.15, -0.1) is 0 Å². The van der Waals surface area contributed by atoms with E-state index >= 15 is 0 Å². The second-order valence-corrected chi connectivity index (χ2v) is 12.0. The van der Waals surface area contributed by atoms with Crippen LogP contribution in [0.25, 0.3) is 9.95 Å². The molecule has 0 bridgehead atoms. The summed E-state index contributed by atoms with van der Waals surface area (Å²) in [5.74, 6) is -1.63. The van der Waals surface area contributed by atoms with E-state index in [0.29, 0.717) is 0 Å². The first-order chi connectivity index (χ1) is 18.1. The summed E-state index contributed by atoms with van der Waals surface area (Å²) in [6, 6.07) is 17.4. The van der Waals surface area contributed by atoms with Crippen LogP contribution < -0.4 is 0 Å². The molecule has 0 aromatic heterocycles. The van der Waals surface area contributed by atoms with Crippen LogP contribution in [0.2, 0.25) is 0 Å². The highest BCUT2D eigenvalue weighted by atomic mass is 32.2. The number of ketones is 2. The third-order valence-corrected chi connectivity index (χ3v) is 9.72. The van der Waals surface area contributed by atoms with Gasteiger partial charge >= 0.3 is 11.4 Å². The Labute approximate surface area is 216 Å².